The van der Waals surface area contributed by atoms with Crippen LogP contribution >= 0.6 is 38.4 Å². The van der Waals surface area contributed by atoms with E-state index in [1.165, 1.54) is 12.7 Å². The fraction of sp³-hybridized carbons (Fsp3) is 0.718. The molecule has 4 N–H and O–H groups in total. The van der Waals surface area contributed by atoms with Gasteiger partial charge >= 0.3 is 15.2 Å². The van der Waals surface area contributed by atoms with Crippen molar-refractivity contribution < 1.29 is 65.5 Å². The topological polar surface area (TPSA) is 289 Å². The van der Waals surface area contributed by atoms with Crippen molar-refractivity contribution in [2.75, 3.05) is 56.8 Å². The Kier molecular flexibility index (Phi) is 19.8. The third-order valence-electron chi connectivity index (χ3n) is 9.99. The summed E-state index contributed by atoms with van der Waals surface area (Å²) in [7, 11) is -6.90. The van der Waals surface area contributed by atoms with Crippen molar-refractivity contribution in [3.05, 3.63) is 23.2 Å². The molecule has 7 heterocycles. The number of hydrogen-bond donors (Lipinski definition) is 3. The highest BCUT2D eigenvalue weighted by Crippen LogP contribution is 2.50. The largest absolute Gasteiger partial charge is 0.388 e. The van der Waals surface area contributed by atoms with Gasteiger partial charge in [0.15, 0.2) is 60.0 Å². The number of aliphatic hydroxyl groups excluding tert-OH is 1. The second-order valence-corrected chi connectivity index (χ2v) is 20.7. The molecule has 0 aliphatic carbocycles. The molecule has 0 spiro atoms. The van der Waals surface area contributed by atoms with Crippen molar-refractivity contribution >= 4 is 78.3 Å². The van der Waals surface area contributed by atoms with E-state index < -0.39 is 64.1 Å². The Morgan fingerprint density at radius 1 is 0.821 bits per heavy atom. The molecule has 3 aliphatic rings. The van der Waals surface area contributed by atoms with Crippen LogP contribution in [-0.2, 0) is 60.4 Å². The molecule has 1 amide bonds. The second-order valence-electron chi connectivity index (χ2n) is 16.0. The molecule has 7 rings (SSSR count). The number of amides is 1. The van der Waals surface area contributed by atoms with E-state index in [9.17, 15) is 19.0 Å². The first-order chi connectivity index (χ1) is 31.4. The van der Waals surface area contributed by atoms with Crippen LogP contribution in [0.25, 0.3) is 22.3 Å². The molecule has 4 aromatic heterocycles. The lowest BCUT2D eigenvalue weighted by Crippen LogP contribution is -2.34. The van der Waals surface area contributed by atoms with Gasteiger partial charge in [-0.25, -0.2) is 9.97 Å². The van der Waals surface area contributed by atoms with Crippen molar-refractivity contribution in [2.45, 2.75) is 132 Å². The molecule has 0 bridgehead atoms. The highest BCUT2D eigenvalue weighted by molar-refractivity contribution is 7.53. The van der Waals surface area contributed by atoms with Crippen molar-refractivity contribution in [1.82, 2.24) is 39.0 Å². The molecule has 24 nitrogen and oxygen atoms in total. The van der Waals surface area contributed by atoms with Crippen molar-refractivity contribution in [3.63, 3.8) is 0 Å². The average molecular weight is 1030 g/mol. The summed E-state index contributed by atoms with van der Waals surface area (Å²) in [4.78, 5) is 37.7. The van der Waals surface area contributed by atoms with E-state index in [2.05, 4.69) is 35.2 Å². The van der Waals surface area contributed by atoms with Crippen LogP contribution in [0.15, 0.2) is 12.7 Å². The Bertz CT molecular complexity index is 2330. The van der Waals surface area contributed by atoms with E-state index >= 15 is 0 Å². The van der Waals surface area contributed by atoms with Crippen molar-refractivity contribution in [1.29, 1.82) is 0 Å². The van der Waals surface area contributed by atoms with E-state index in [1.54, 1.807) is 57.6 Å². The Balaban J connectivity index is 0.000000263. The molecule has 67 heavy (non-hydrogen) atoms. The molecule has 0 radical (unpaired) electrons. The lowest BCUT2D eigenvalue weighted by atomic mass is 9.96. The molecule has 0 aromatic carbocycles. The summed E-state index contributed by atoms with van der Waals surface area (Å²) in [5.41, 5.74) is 6.61. The van der Waals surface area contributed by atoms with Crippen LogP contribution < -0.4 is 11.1 Å². The van der Waals surface area contributed by atoms with Gasteiger partial charge in [-0.15, -0.1) is 0 Å². The summed E-state index contributed by atoms with van der Waals surface area (Å²) < 4.78 is 85.2. The number of fused-ring (bicyclic) bond motifs is 2. The maximum absolute atomic E-state index is 13.0. The first-order valence-electron chi connectivity index (χ1n) is 21.5. The Hall–Kier alpha value is -3.03. The summed E-state index contributed by atoms with van der Waals surface area (Å²) in [6.07, 6.45) is 0.552. The van der Waals surface area contributed by atoms with Gasteiger partial charge in [0, 0.05) is 24.9 Å². The third kappa shape index (κ3) is 14.1. The molecule has 7 atom stereocenters. The van der Waals surface area contributed by atoms with Gasteiger partial charge < -0.3 is 62.7 Å². The predicted octanol–water partition coefficient (Wildman–Crippen LogP) is 7.41. The summed E-state index contributed by atoms with van der Waals surface area (Å²) in [5, 5.41) is 13.0. The lowest BCUT2D eigenvalue weighted by Gasteiger charge is -2.28. The van der Waals surface area contributed by atoms with Gasteiger partial charge in [-0.05, 0) is 70.2 Å². The van der Waals surface area contributed by atoms with Gasteiger partial charge in [0.05, 0.1) is 39.1 Å². The molecule has 3 fully saturated rings. The number of nitrogens with two attached hydrogens (primary N) is 1. The number of ether oxygens (including phenoxy) is 6. The van der Waals surface area contributed by atoms with Gasteiger partial charge in [0.1, 0.15) is 30.2 Å². The second kappa shape index (κ2) is 24.2. The normalized spacial score (nSPS) is 23.6. The molecule has 4 aromatic rings. The van der Waals surface area contributed by atoms with E-state index in [0.717, 1.165) is 19.3 Å². The number of anilines is 2. The molecule has 3 saturated heterocycles. The number of halogens is 2. The number of aromatic nitrogens is 8. The highest BCUT2D eigenvalue weighted by atomic mass is 35.5. The summed E-state index contributed by atoms with van der Waals surface area (Å²) in [5.74, 6) is 0.101. The molecule has 376 valence electrons. The number of imidazole rings is 2. The highest BCUT2D eigenvalue weighted by Gasteiger charge is 2.43. The zero-order valence-corrected chi connectivity index (χ0v) is 41.0. The van der Waals surface area contributed by atoms with Crippen LogP contribution in [-0.4, -0.2) is 127 Å². The number of rotatable bonds is 19. The molecule has 0 saturated carbocycles. The average Bonchev–Trinajstić information content (AvgIpc) is 4.05. The first-order valence-corrected chi connectivity index (χ1v) is 25.7. The minimum Gasteiger partial charge on any atom is -0.388 e. The summed E-state index contributed by atoms with van der Waals surface area (Å²) in [6, 6.07) is 0. The maximum Gasteiger partial charge on any atom is 0.356 e. The minimum absolute atomic E-state index is 0. The molecular formula is C39H62Cl2N10O14P2. The van der Waals surface area contributed by atoms with Crippen molar-refractivity contribution in [2.24, 2.45) is 5.41 Å². The Labute approximate surface area is 398 Å². The molecule has 3 aliphatic heterocycles. The number of hydrogen-bond acceptors (Lipinski definition) is 21. The first kappa shape index (κ1) is 54.9. The quantitative estimate of drug-likeness (QED) is 0.0608. The fourth-order valence-electron chi connectivity index (χ4n) is 6.96. The minimum atomic E-state index is -3.49. The zero-order valence-electron chi connectivity index (χ0n) is 37.7. The number of nitrogen functional groups attached to an aromatic ring is 1. The van der Waals surface area contributed by atoms with Gasteiger partial charge in [-0.3, -0.25) is 23.1 Å². The summed E-state index contributed by atoms with van der Waals surface area (Å²) >= 11 is 12.1. The summed E-state index contributed by atoms with van der Waals surface area (Å²) in [6.45, 7) is 13.7. The maximum atomic E-state index is 13.0. The van der Waals surface area contributed by atoms with Crippen LogP contribution in [0.4, 0.5) is 11.6 Å². The number of carbonyl (C=O) groups is 1. The van der Waals surface area contributed by atoms with E-state index in [0.29, 0.717) is 35.4 Å². The van der Waals surface area contributed by atoms with E-state index in [4.69, 9.17) is 75.5 Å². The predicted molar refractivity (Wildman–Crippen MR) is 245 cm³/mol. The standard InChI is InChI=1S/C24H37ClN5O8P.C14H21ClN5O6P.CH4/c1-6-35-39(32,36-7-2)14-34-21-15(37-17-10-8-9-11-33-17)12-16(38-21)30-13-26-18-19(27-22(31)24(3,4)5)28-23(25)29-20(18)30;1-3-24-27(22,25-4-2)7-23-13-8(21)5-9(26-13)20-6-17-10-11(16)18-14(15)19-12(10)20;/h13,15-17,21H,6-12,14H2,1-5H3,(H,27,28,29,31);6,8-9,13,21H,3-5,7H2,1-2H3,(H2,16,18,19);1H4/t15-,16+,17?,21-;8-,9+,13-;/m00./s1. The van der Waals surface area contributed by atoms with Crippen molar-refractivity contribution in [3.8, 4) is 0 Å². The molecule has 28 heteroatoms. The van der Waals surface area contributed by atoms with E-state index in [1.807, 2.05) is 0 Å². The number of nitrogens with one attached hydrogen (secondary N) is 1. The van der Waals surface area contributed by atoms with E-state index in [-0.39, 0.29) is 81.1 Å². The Morgan fingerprint density at radius 3 is 1.90 bits per heavy atom. The monoisotopic (exact) mass is 1030 g/mol. The number of aliphatic hydroxyl groups is 1. The SMILES string of the molecule is C.CCOP(=O)(CO[C@H]1O[C@@H](n2cnc3c(N)nc(Cl)nc32)C[C@@H]1O)OCC.CCOP(=O)(CO[C@H]1O[C@@H](n2cnc3c(NC(=O)C(C)(C)C)nc(Cl)nc32)C[C@@H]1OC1CCCCO1)OCC. The van der Waals surface area contributed by atoms with Crippen LogP contribution in [0.2, 0.25) is 10.6 Å². The zero-order chi connectivity index (χ0) is 47.8. The molecular weight excluding hydrogens is 965 g/mol. The van der Waals surface area contributed by atoms with Gasteiger partial charge in [-0.1, -0.05) is 28.2 Å². The van der Waals surface area contributed by atoms with Crippen LogP contribution in [0.5, 0.6) is 0 Å². The number of nitrogens with zero attached hydrogens (tertiary/aromatic N) is 8. The van der Waals surface area contributed by atoms with Crippen LogP contribution in [0, 0.1) is 5.41 Å². The Morgan fingerprint density at radius 2 is 1.34 bits per heavy atom. The van der Waals surface area contributed by atoms with Gasteiger partial charge in [0.25, 0.3) is 0 Å². The van der Waals surface area contributed by atoms with Gasteiger partial charge in [-0.2, -0.15) is 19.9 Å². The smallest absolute Gasteiger partial charge is 0.356 e. The lowest BCUT2D eigenvalue weighted by molar-refractivity contribution is -0.236. The van der Waals surface area contributed by atoms with Gasteiger partial charge in [0.2, 0.25) is 16.5 Å². The van der Waals surface area contributed by atoms with Crippen LogP contribution in [0.1, 0.15) is 100 Å². The number of carbonyl (C=O) groups excluding carboxylic acids is 1. The fourth-order valence-corrected chi connectivity index (χ4v) is 9.97. The molecule has 1 unspecified atom stereocenters. The third-order valence-corrected chi connectivity index (χ3v) is 13.9. The van der Waals surface area contributed by atoms with Crippen LogP contribution in [0.3, 0.4) is 0 Å².